The van der Waals surface area contributed by atoms with Gasteiger partial charge in [-0.25, -0.2) is 4.79 Å². The van der Waals surface area contributed by atoms with Gasteiger partial charge in [0.25, 0.3) is 5.88 Å². The second-order valence-electron chi connectivity index (χ2n) is 3.20. The fraction of sp³-hybridized carbons (Fsp3) is 0.400. The number of carbonyl (C=O) groups excluding carboxylic acids is 1. The average Bonchev–Trinajstić information content (AvgIpc) is 2.66. The van der Waals surface area contributed by atoms with Crippen LogP contribution in [0.4, 0.5) is 4.79 Å². The van der Waals surface area contributed by atoms with Gasteiger partial charge in [-0.15, -0.1) is 18.3 Å². The lowest BCUT2D eigenvalue weighted by Gasteiger charge is -2.07. The van der Waals surface area contributed by atoms with Gasteiger partial charge >= 0.3 is 6.09 Å². The van der Waals surface area contributed by atoms with Crippen LogP contribution >= 0.6 is 11.8 Å². The Labute approximate surface area is 98.4 Å². The van der Waals surface area contributed by atoms with E-state index in [1.54, 1.807) is 31.9 Å². The van der Waals surface area contributed by atoms with Gasteiger partial charge in [0.1, 0.15) is 0 Å². The summed E-state index contributed by atoms with van der Waals surface area (Å²) in [5.41, 5.74) is 0. The number of amides is 1. The predicted octanol–water partition coefficient (Wildman–Crippen LogP) is 2.15. The van der Waals surface area contributed by atoms with Gasteiger partial charge in [0.05, 0.1) is 5.75 Å². The number of thioether (sulfide) groups is 1. The van der Waals surface area contributed by atoms with Gasteiger partial charge in [-0.05, 0) is 5.16 Å². The molecule has 0 aromatic carbocycles. The Hall–Kier alpha value is -1.43. The molecular weight excluding hydrogens is 228 g/mol. The van der Waals surface area contributed by atoms with Crippen LogP contribution in [-0.4, -0.2) is 36.0 Å². The molecule has 0 aliphatic rings. The third kappa shape index (κ3) is 3.98. The topological polar surface area (TPSA) is 55.6 Å². The number of aromatic nitrogens is 1. The molecule has 16 heavy (non-hydrogen) atoms. The monoisotopic (exact) mass is 242 g/mol. The van der Waals surface area contributed by atoms with Crippen LogP contribution in [0.5, 0.6) is 5.88 Å². The highest BCUT2D eigenvalue weighted by Crippen LogP contribution is 2.17. The van der Waals surface area contributed by atoms with Crippen LogP contribution in [0.2, 0.25) is 0 Å². The lowest BCUT2D eigenvalue weighted by atomic mass is 10.5. The number of nitrogens with zero attached hydrogens (tertiary/aromatic N) is 2. The second-order valence-corrected chi connectivity index (χ2v) is 4.23. The minimum absolute atomic E-state index is 0.188. The van der Waals surface area contributed by atoms with Crippen LogP contribution in [-0.2, 0) is 5.75 Å². The molecule has 1 amide bonds. The predicted molar refractivity (Wildman–Crippen MR) is 62.6 cm³/mol. The molecule has 1 heterocycles. The van der Waals surface area contributed by atoms with Crippen molar-refractivity contribution >= 4 is 17.9 Å². The minimum atomic E-state index is -0.474. The largest absolute Gasteiger partial charge is 0.416 e. The standard InChI is InChI=1S/C10H14N2O3S/c1-4-5-16-7-8-6-9(11-15-8)14-10(13)12(2)3/h4,6H,1,5,7H2,2-3H3. The lowest BCUT2D eigenvalue weighted by molar-refractivity contribution is 0.167. The van der Waals surface area contributed by atoms with Gasteiger partial charge in [0, 0.05) is 25.9 Å². The van der Waals surface area contributed by atoms with Crippen molar-refractivity contribution in [2.75, 3.05) is 19.8 Å². The smallest absolute Gasteiger partial charge is 0.388 e. The Morgan fingerprint density at radius 3 is 3.12 bits per heavy atom. The summed E-state index contributed by atoms with van der Waals surface area (Å²) < 4.78 is 9.91. The lowest BCUT2D eigenvalue weighted by Crippen LogP contribution is -2.25. The zero-order valence-electron chi connectivity index (χ0n) is 9.30. The second kappa shape index (κ2) is 6.22. The van der Waals surface area contributed by atoms with Crippen LogP contribution in [0.3, 0.4) is 0 Å². The molecule has 1 rings (SSSR count). The van der Waals surface area contributed by atoms with Crippen molar-refractivity contribution in [1.29, 1.82) is 0 Å². The summed E-state index contributed by atoms with van der Waals surface area (Å²) in [4.78, 5) is 12.5. The average molecular weight is 242 g/mol. The van der Waals surface area contributed by atoms with E-state index < -0.39 is 6.09 Å². The Bertz CT molecular complexity index is 363. The highest BCUT2D eigenvalue weighted by atomic mass is 32.2. The first kappa shape index (κ1) is 12.6. The summed E-state index contributed by atoms with van der Waals surface area (Å²) >= 11 is 1.64. The number of hydrogen-bond acceptors (Lipinski definition) is 5. The molecule has 6 heteroatoms. The van der Waals surface area contributed by atoms with E-state index in [1.807, 2.05) is 6.08 Å². The first-order valence-corrected chi connectivity index (χ1v) is 5.82. The van der Waals surface area contributed by atoms with Gasteiger partial charge in [0.2, 0.25) is 0 Å². The Kier molecular flexibility index (Phi) is 4.91. The van der Waals surface area contributed by atoms with Crippen molar-refractivity contribution in [2.45, 2.75) is 5.75 Å². The van der Waals surface area contributed by atoms with Gasteiger partial charge in [-0.3, -0.25) is 0 Å². The number of rotatable bonds is 5. The zero-order valence-corrected chi connectivity index (χ0v) is 10.1. The molecule has 0 saturated heterocycles. The molecule has 0 aliphatic heterocycles. The number of ether oxygens (including phenoxy) is 1. The highest BCUT2D eigenvalue weighted by molar-refractivity contribution is 7.98. The van der Waals surface area contributed by atoms with Crippen LogP contribution in [0, 0.1) is 0 Å². The van der Waals surface area contributed by atoms with E-state index >= 15 is 0 Å². The number of hydrogen-bond donors (Lipinski definition) is 0. The van der Waals surface area contributed by atoms with Crippen molar-refractivity contribution < 1.29 is 14.1 Å². The molecule has 1 aromatic rings. The van der Waals surface area contributed by atoms with Gasteiger partial charge in [0.15, 0.2) is 5.76 Å². The van der Waals surface area contributed by atoms with Crippen molar-refractivity contribution in [3.8, 4) is 5.88 Å². The Morgan fingerprint density at radius 1 is 1.75 bits per heavy atom. The van der Waals surface area contributed by atoms with Crippen LogP contribution in [0.25, 0.3) is 0 Å². The molecule has 0 aliphatic carbocycles. The normalized spacial score (nSPS) is 9.88. The van der Waals surface area contributed by atoms with E-state index in [2.05, 4.69) is 11.7 Å². The van der Waals surface area contributed by atoms with Gasteiger partial charge in [-0.1, -0.05) is 6.08 Å². The summed E-state index contributed by atoms with van der Waals surface area (Å²) in [5.74, 6) is 2.38. The summed E-state index contributed by atoms with van der Waals surface area (Å²) in [6, 6.07) is 1.61. The van der Waals surface area contributed by atoms with Gasteiger partial charge in [-0.2, -0.15) is 0 Å². The van der Waals surface area contributed by atoms with Gasteiger partial charge < -0.3 is 14.2 Å². The van der Waals surface area contributed by atoms with Crippen molar-refractivity contribution in [3.05, 3.63) is 24.5 Å². The van der Waals surface area contributed by atoms with E-state index in [1.165, 1.54) is 4.90 Å². The first-order chi connectivity index (χ1) is 7.63. The van der Waals surface area contributed by atoms with E-state index in [-0.39, 0.29) is 5.88 Å². The SMILES string of the molecule is C=CCSCc1cc(OC(=O)N(C)C)no1. The maximum absolute atomic E-state index is 11.2. The molecule has 0 saturated carbocycles. The molecule has 0 N–H and O–H groups in total. The minimum Gasteiger partial charge on any atom is -0.388 e. The maximum Gasteiger partial charge on any atom is 0.416 e. The molecule has 88 valence electrons. The Morgan fingerprint density at radius 2 is 2.50 bits per heavy atom. The van der Waals surface area contributed by atoms with E-state index in [0.29, 0.717) is 11.5 Å². The third-order valence-corrected chi connectivity index (χ3v) is 2.53. The van der Waals surface area contributed by atoms with Crippen molar-refractivity contribution in [2.24, 2.45) is 0 Å². The van der Waals surface area contributed by atoms with Crippen LogP contribution in [0.1, 0.15) is 5.76 Å². The molecule has 0 bridgehead atoms. The first-order valence-electron chi connectivity index (χ1n) is 4.67. The fourth-order valence-corrected chi connectivity index (χ4v) is 1.46. The number of carbonyl (C=O) groups is 1. The fourth-order valence-electron chi connectivity index (χ4n) is 0.834. The zero-order chi connectivity index (χ0) is 12.0. The van der Waals surface area contributed by atoms with Crippen LogP contribution in [0.15, 0.2) is 23.2 Å². The molecule has 0 atom stereocenters. The molecule has 0 fully saturated rings. The molecule has 5 nitrogen and oxygen atoms in total. The molecule has 0 radical (unpaired) electrons. The summed E-state index contributed by atoms with van der Waals surface area (Å²) in [5, 5.41) is 3.63. The van der Waals surface area contributed by atoms with Crippen molar-refractivity contribution in [1.82, 2.24) is 10.1 Å². The Balaban J connectivity index is 2.45. The summed E-state index contributed by atoms with van der Waals surface area (Å²) in [7, 11) is 3.20. The van der Waals surface area contributed by atoms with E-state index in [0.717, 1.165) is 5.75 Å². The summed E-state index contributed by atoms with van der Waals surface area (Å²) in [6.07, 6.45) is 1.34. The molecule has 1 aromatic heterocycles. The summed E-state index contributed by atoms with van der Waals surface area (Å²) in [6.45, 7) is 3.61. The van der Waals surface area contributed by atoms with Crippen LogP contribution < -0.4 is 4.74 Å². The van der Waals surface area contributed by atoms with E-state index in [4.69, 9.17) is 9.26 Å². The molecular formula is C10H14N2O3S. The highest BCUT2D eigenvalue weighted by Gasteiger charge is 2.11. The van der Waals surface area contributed by atoms with Crippen molar-refractivity contribution in [3.63, 3.8) is 0 Å². The molecule has 0 unspecified atom stereocenters. The quantitative estimate of drug-likeness (QED) is 0.585. The maximum atomic E-state index is 11.2. The molecule has 0 spiro atoms. The van der Waals surface area contributed by atoms with E-state index in [9.17, 15) is 4.79 Å². The third-order valence-electron chi connectivity index (χ3n) is 1.57.